The summed E-state index contributed by atoms with van der Waals surface area (Å²) in [4.78, 5) is 26.9. The van der Waals surface area contributed by atoms with Crippen LogP contribution < -0.4 is 21.3 Å². The molecule has 6 rings (SSSR count). The number of aromatic nitrogens is 3. The van der Waals surface area contributed by atoms with Crippen molar-refractivity contribution in [2.45, 2.75) is 13.0 Å². The first-order chi connectivity index (χ1) is 17.4. The van der Waals surface area contributed by atoms with Gasteiger partial charge in [0.15, 0.2) is 0 Å². The number of nitrogens with zero attached hydrogens (tertiary/aromatic N) is 3. The van der Waals surface area contributed by atoms with E-state index in [0.29, 0.717) is 10.9 Å². The van der Waals surface area contributed by atoms with Gasteiger partial charge in [0, 0.05) is 19.7 Å². The molecule has 1 N–H and O–H groups in total. The van der Waals surface area contributed by atoms with E-state index in [-0.39, 0.29) is 17.3 Å². The lowest BCUT2D eigenvalue weighted by atomic mass is 9.99. The maximum atomic E-state index is 13.8. The number of aryl methyl sites for hydroxylation is 2. The highest BCUT2D eigenvalue weighted by molar-refractivity contribution is 5.99. The van der Waals surface area contributed by atoms with Crippen LogP contribution in [0.5, 0.6) is 5.75 Å². The highest BCUT2D eigenvalue weighted by Gasteiger charge is 2.35. The molecular weight excluding hydrogens is 452 g/mol. The Hall–Kier alpha value is -4.52. The molecule has 2 aromatic heterocycles. The summed E-state index contributed by atoms with van der Waals surface area (Å²) in [6, 6.07) is 23.6. The molecule has 7 nitrogen and oxygen atoms in total. The van der Waals surface area contributed by atoms with Crippen molar-refractivity contribution in [1.82, 2.24) is 13.7 Å². The first-order valence-corrected chi connectivity index (χ1v) is 11.8. The van der Waals surface area contributed by atoms with Crippen molar-refractivity contribution in [2.24, 2.45) is 14.1 Å². The third-order valence-corrected chi connectivity index (χ3v) is 7.15. The molecular formula is C29H26N4O3. The molecule has 0 spiro atoms. The summed E-state index contributed by atoms with van der Waals surface area (Å²) >= 11 is 0. The highest BCUT2D eigenvalue weighted by atomic mass is 16.5. The Morgan fingerprint density at radius 2 is 1.64 bits per heavy atom. The summed E-state index contributed by atoms with van der Waals surface area (Å²) in [5, 5.41) is 4.20. The Bertz CT molecular complexity index is 1790. The molecule has 1 unspecified atom stereocenters. The lowest BCUT2D eigenvalue weighted by molar-refractivity contribution is 0.414. The van der Waals surface area contributed by atoms with E-state index in [0.717, 1.165) is 45.2 Å². The molecule has 0 saturated carbocycles. The fraction of sp³-hybridized carbons (Fsp3) is 0.172. The quantitative estimate of drug-likeness (QED) is 0.414. The number of benzene rings is 3. The number of rotatable bonds is 3. The molecule has 3 aromatic carbocycles. The minimum Gasteiger partial charge on any atom is -0.497 e. The van der Waals surface area contributed by atoms with Gasteiger partial charge in [-0.1, -0.05) is 48.5 Å². The number of ether oxygens (including phenoxy) is 1. The van der Waals surface area contributed by atoms with Crippen molar-refractivity contribution in [1.29, 1.82) is 0 Å². The summed E-state index contributed by atoms with van der Waals surface area (Å²) < 4.78 is 10.5. The lowest BCUT2D eigenvalue weighted by Gasteiger charge is -2.31. The van der Waals surface area contributed by atoms with E-state index >= 15 is 0 Å². The molecule has 0 amide bonds. The largest absolute Gasteiger partial charge is 0.497 e. The third-order valence-electron chi connectivity index (χ3n) is 7.15. The second-order valence-electron chi connectivity index (χ2n) is 9.18. The van der Waals surface area contributed by atoms with Crippen molar-refractivity contribution in [3.05, 3.63) is 110 Å². The van der Waals surface area contributed by atoms with Gasteiger partial charge in [-0.15, -0.1) is 0 Å². The summed E-state index contributed by atoms with van der Waals surface area (Å²) in [5.74, 6) is 0.736. The van der Waals surface area contributed by atoms with Gasteiger partial charge >= 0.3 is 5.69 Å². The number of fused-ring (bicyclic) bond motifs is 5. The first kappa shape index (κ1) is 22.0. The van der Waals surface area contributed by atoms with E-state index in [1.54, 1.807) is 18.7 Å². The zero-order valence-corrected chi connectivity index (χ0v) is 20.6. The van der Waals surface area contributed by atoms with Crippen molar-refractivity contribution < 1.29 is 4.74 Å². The molecule has 180 valence electrons. The second-order valence-corrected chi connectivity index (χ2v) is 9.18. The monoisotopic (exact) mass is 478 g/mol. The smallest absolute Gasteiger partial charge is 0.331 e. The summed E-state index contributed by atoms with van der Waals surface area (Å²) in [6.07, 6.45) is 0. The molecule has 3 heterocycles. The van der Waals surface area contributed by atoms with Crippen LogP contribution >= 0.6 is 0 Å². The standard InChI is InChI=1S/C29H26N4O3/c1-17-10-5-6-13-20(17)25-23-26(31(2)29(35)32(3)28(23)34)27-24(18-11-9-12-19(16-18)36-4)30-21-14-7-8-15-22(21)33(25)27/h5-16,24,30H,1-4H3. The Morgan fingerprint density at radius 1 is 0.889 bits per heavy atom. The van der Waals surface area contributed by atoms with Crippen LogP contribution in [-0.4, -0.2) is 20.8 Å². The van der Waals surface area contributed by atoms with Gasteiger partial charge in [-0.3, -0.25) is 13.9 Å². The van der Waals surface area contributed by atoms with E-state index in [4.69, 9.17) is 4.74 Å². The van der Waals surface area contributed by atoms with E-state index in [1.807, 2.05) is 79.7 Å². The van der Waals surface area contributed by atoms with Crippen LogP contribution in [0.1, 0.15) is 22.9 Å². The average molecular weight is 479 g/mol. The maximum Gasteiger partial charge on any atom is 0.331 e. The number of hydrogen-bond donors (Lipinski definition) is 1. The van der Waals surface area contributed by atoms with Crippen LogP contribution in [0.15, 0.2) is 82.4 Å². The normalized spacial score (nSPS) is 14.3. The fourth-order valence-corrected chi connectivity index (χ4v) is 5.38. The minimum atomic E-state index is -0.361. The molecule has 0 bridgehead atoms. The SMILES string of the molecule is COc1cccc(C2Nc3ccccc3-n3c(-c4ccccc4C)c4c(=O)n(C)c(=O)n(C)c4c32)c1. The predicted octanol–water partition coefficient (Wildman–Crippen LogP) is 4.53. The average Bonchev–Trinajstić information content (AvgIpc) is 3.27. The molecule has 0 saturated heterocycles. The number of para-hydroxylation sites is 2. The Morgan fingerprint density at radius 3 is 2.42 bits per heavy atom. The minimum absolute atomic E-state index is 0.310. The molecule has 5 aromatic rings. The number of methoxy groups -OCH3 is 1. The van der Waals surface area contributed by atoms with E-state index < -0.39 is 0 Å². The lowest BCUT2D eigenvalue weighted by Crippen LogP contribution is -2.37. The van der Waals surface area contributed by atoms with Crippen molar-refractivity contribution >= 4 is 16.6 Å². The van der Waals surface area contributed by atoms with Crippen LogP contribution in [0.4, 0.5) is 5.69 Å². The summed E-state index contributed by atoms with van der Waals surface area (Å²) in [5.41, 5.74) is 6.41. The number of hydrogen-bond acceptors (Lipinski definition) is 4. The fourth-order valence-electron chi connectivity index (χ4n) is 5.38. The van der Waals surface area contributed by atoms with Gasteiger partial charge in [0.1, 0.15) is 5.75 Å². The van der Waals surface area contributed by atoms with Crippen LogP contribution in [0.3, 0.4) is 0 Å². The molecule has 1 atom stereocenters. The number of nitrogens with one attached hydrogen (secondary N) is 1. The van der Waals surface area contributed by atoms with E-state index in [9.17, 15) is 9.59 Å². The Balaban J connectivity index is 1.87. The topological polar surface area (TPSA) is 70.2 Å². The molecule has 1 aliphatic rings. The maximum absolute atomic E-state index is 13.8. The second kappa shape index (κ2) is 8.02. The zero-order chi connectivity index (χ0) is 25.1. The Kier molecular flexibility index (Phi) is 4.89. The van der Waals surface area contributed by atoms with E-state index in [1.165, 1.54) is 11.6 Å². The predicted molar refractivity (Wildman–Crippen MR) is 142 cm³/mol. The van der Waals surface area contributed by atoms with Crippen molar-refractivity contribution in [3.63, 3.8) is 0 Å². The van der Waals surface area contributed by atoms with Gasteiger partial charge in [-0.2, -0.15) is 0 Å². The van der Waals surface area contributed by atoms with Crippen LogP contribution in [0.25, 0.3) is 27.8 Å². The van der Waals surface area contributed by atoms with Crippen LogP contribution in [-0.2, 0) is 14.1 Å². The van der Waals surface area contributed by atoms with Gasteiger partial charge in [0.25, 0.3) is 5.56 Å². The highest BCUT2D eigenvalue weighted by Crippen LogP contribution is 2.46. The van der Waals surface area contributed by atoms with Crippen molar-refractivity contribution in [2.75, 3.05) is 12.4 Å². The van der Waals surface area contributed by atoms with E-state index in [2.05, 4.69) is 9.88 Å². The van der Waals surface area contributed by atoms with Crippen LogP contribution in [0, 0.1) is 6.92 Å². The molecule has 0 fully saturated rings. The van der Waals surface area contributed by atoms with Gasteiger partial charge < -0.3 is 14.6 Å². The van der Waals surface area contributed by atoms with Gasteiger partial charge in [0.2, 0.25) is 0 Å². The molecule has 36 heavy (non-hydrogen) atoms. The van der Waals surface area contributed by atoms with Crippen LogP contribution in [0.2, 0.25) is 0 Å². The molecule has 0 radical (unpaired) electrons. The Labute approximate surface area is 207 Å². The molecule has 1 aliphatic heterocycles. The van der Waals surface area contributed by atoms with Gasteiger partial charge in [0.05, 0.1) is 46.8 Å². The summed E-state index contributed by atoms with van der Waals surface area (Å²) in [6.45, 7) is 2.04. The third kappa shape index (κ3) is 2.99. The first-order valence-electron chi connectivity index (χ1n) is 11.8. The summed E-state index contributed by atoms with van der Waals surface area (Å²) in [7, 11) is 4.91. The van der Waals surface area contributed by atoms with Gasteiger partial charge in [-0.05, 0) is 42.3 Å². The number of anilines is 1. The van der Waals surface area contributed by atoms with Gasteiger partial charge in [-0.25, -0.2) is 4.79 Å². The zero-order valence-electron chi connectivity index (χ0n) is 20.6. The molecule has 0 aliphatic carbocycles. The molecule has 7 heteroatoms. The van der Waals surface area contributed by atoms with Crippen molar-refractivity contribution in [3.8, 4) is 22.7 Å².